The molecule has 1 aliphatic carbocycles. The molecule has 6 nitrogen and oxygen atoms in total. The third-order valence-corrected chi connectivity index (χ3v) is 4.82. The Kier molecular flexibility index (Phi) is 5.16. The quantitative estimate of drug-likeness (QED) is 0.653. The molecular weight excluding hydrogens is 366 g/mol. The molecule has 0 saturated heterocycles. The van der Waals surface area contributed by atoms with E-state index in [1.54, 1.807) is 17.8 Å². The minimum Gasteiger partial charge on any atom is -0.449 e. The van der Waals surface area contributed by atoms with E-state index in [4.69, 9.17) is 4.74 Å². The molecule has 1 saturated carbocycles. The molecule has 0 spiro atoms. The van der Waals surface area contributed by atoms with Gasteiger partial charge in [-0.15, -0.1) is 0 Å². The van der Waals surface area contributed by atoms with Crippen LogP contribution in [-0.2, 0) is 9.53 Å². The summed E-state index contributed by atoms with van der Waals surface area (Å²) in [5, 5.41) is 7.50. The van der Waals surface area contributed by atoms with Crippen LogP contribution in [0.4, 0.5) is 0 Å². The van der Waals surface area contributed by atoms with E-state index in [1.165, 1.54) is 0 Å². The molecule has 29 heavy (non-hydrogen) atoms. The van der Waals surface area contributed by atoms with Gasteiger partial charge in [0.15, 0.2) is 6.10 Å². The van der Waals surface area contributed by atoms with Crippen molar-refractivity contribution < 1.29 is 14.3 Å². The van der Waals surface area contributed by atoms with Gasteiger partial charge in [0.2, 0.25) is 0 Å². The molecule has 3 aromatic rings. The number of nitrogens with one attached hydrogen (secondary N) is 1. The summed E-state index contributed by atoms with van der Waals surface area (Å²) >= 11 is 0. The van der Waals surface area contributed by atoms with Gasteiger partial charge in [0, 0.05) is 17.8 Å². The van der Waals surface area contributed by atoms with Crippen LogP contribution in [-0.4, -0.2) is 33.8 Å². The highest BCUT2D eigenvalue weighted by Crippen LogP contribution is 2.26. The Morgan fingerprint density at radius 1 is 1.14 bits per heavy atom. The van der Waals surface area contributed by atoms with Crippen LogP contribution < -0.4 is 5.32 Å². The topological polar surface area (TPSA) is 73.2 Å². The van der Waals surface area contributed by atoms with E-state index in [2.05, 4.69) is 10.4 Å². The number of carbonyl (C=O) groups excluding carboxylic acids is 2. The number of hydrogen-bond donors (Lipinski definition) is 1. The minimum absolute atomic E-state index is 0.215. The normalized spacial score (nSPS) is 14.3. The summed E-state index contributed by atoms with van der Waals surface area (Å²) in [6.07, 6.45) is 2.75. The molecule has 1 N–H and O–H groups in total. The zero-order chi connectivity index (χ0) is 20.4. The largest absolute Gasteiger partial charge is 0.449 e. The second-order valence-electron chi connectivity index (χ2n) is 7.37. The number of ether oxygens (including phenoxy) is 1. The zero-order valence-electron chi connectivity index (χ0n) is 16.5. The number of aromatic nitrogens is 2. The van der Waals surface area contributed by atoms with Crippen LogP contribution in [0.25, 0.3) is 16.9 Å². The average Bonchev–Trinajstić information content (AvgIpc) is 3.42. The first kappa shape index (κ1) is 18.9. The van der Waals surface area contributed by atoms with Gasteiger partial charge in [-0.25, -0.2) is 9.48 Å². The van der Waals surface area contributed by atoms with Gasteiger partial charge in [-0.2, -0.15) is 5.10 Å². The van der Waals surface area contributed by atoms with E-state index >= 15 is 0 Å². The molecular formula is C23H23N3O3. The smallest absolute Gasteiger partial charge is 0.342 e. The third kappa shape index (κ3) is 4.37. The molecule has 0 unspecified atom stereocenters. The number of amides is 1. The second kappa shape index (κ2) is 7.91. The van der Waals surface area contributed by atoms with Gasteiger partial charge >= 0.3 is 5.97 Å². The number of nitrogens with zero attached hydrogens (tertiary/aromatic N) is 2. The molecule has 1 amide bonds. The Morgan fingerprint density at radius 3 is 2.59 bits per heavy atom. The maximum absolute atomic E-state index is 12.9. The maximum atomic E-state index is 12.9. The fourth-order valence-corrected chi connectivity index (χ4v) is 3.07. The number of benzene rings is 2. The van der Waals surface area contributed by atoms with Crippen molar-refractivity contribution in [1.29, 1.82) is 0 Å². The maximum Gasteiger partial charge on any atom is 0.342 e. The molecule has 6 heteroatoms. The molecule has 0 radical (unpaired) electrons. The van der Waals surface area contributed by atoms with Gasteiger partial charge in [0.05, 0.1) is 5.69 Å². The molecule has 2 aromatic carbocycles. The Bertz CT molecular complexity index is 1040. The Hall–Kier alpha value is -3.41. The lowest BCUT2D eigenvalue weighted by molar-refractivity contribution is -0.129. The van der Waals surface area contributed by atoms with E-state index < -0.39 is 12.1 Å². The van der Waals surface area contributed by atoms with Gasteiger partial charge in [-0.3, -0.25) is 4.79 Å². The first-order valence-corrected chi connectivity index (χ1v) is 9.75. The van der Waals surface area contributed by atoms with Gasteiger partial charge in [0.25, 0.3) is 5.91 Å². The Morgan fingerprint density at radius 2 is 1.90 bits per heavy atom. The highest BCUT2D eigenvalue weighted by molar-refractivity contribution is 5.97. The predicted molar refractivity (Wildman–Crippen MR) is 110 cm³/mol. The van der Waals surface area contributed by atoms with Crippen molar-refractivity contribution in [1.82, 2.24) is 15.1 Å². The van der Waals surface area contributed by atoms with Crippen molar-refractivity contribution in [2.24, 2.45) is 0 Å². The third-order valence-electron chi connectivity index (χ3n) is 4.82. The van der Waals surface area contributed by atoms with Crippen molar-refractivity contribution in [2.45, 2.75) is 38.8 Å². The van der Waals surface area contributed by atoms with Gasteiger partial charge in [-0.05, 0) is 44.9 Å². The van der Waals surface area contributed by atoms with Gasteiger partial charge < -0.3 is 10.1 Å². The van der Waals surface area contributed by atoms with Crippen molar-refractivity contribution in [3.05, 3.63) is 71.9 Å². The fourth-order valence-electron chi connectivity index (χ4n) is 3.07. The second-order valence-corrected chi connectivity index (χ2v) is 7.37. The molecule has 1 fully saturated rings. The van der Waals surface area contributed by atoms with Crippen LogP contribution in [0.15, 0.2) is 60.8 Å². The Balaban J connectivity index is 1.65. The van der Waals surface area contributed by atoms with Crippen LogP contribution >= 0.6 is 0 Å². The highest BCUT2D eigenvalue weighted by atomic mass is 16.5. The van der Waals surface area contributed by atoms with E-state index in [0.717, 1.165) is 29.7 Å². The summed E-state index contributed by atoms with van der Waals surface area (Å²) in [7, 11) is 0. The van der Waals surface area contributed by atoms with E-state index in [0.29, 0.717) is 11.3 Å². The SMILES string of the molecule is Cc1cccc(-c2nn(-c3ccccc3)cc2C(=O)O[C@@H](C)C(=O)NC2CC2)c1. The average molecular weight is 389 g/mol. The number of para-hydroxylation sites is 1. The van der Waals surface area contributed by atoms with E-state index in [9.17, 15) is 9.59 Å². The number of hydrogen-bond acceptors (Lipinski definition) is 4. The lowest BCUT2D eigenvalue weighted by Gasteiger charge is -2.13. The standard InChI is InChI=1S/C23H23N3O3/c1-15-7-6-8-17(13-15)21-20(14-26(25-21)19-9-4-3-5-10-19)23(28)29-16(2)22(27)24-18-11-12-18/h3-10,13-14,16,18H,11-12H2,1-2H3,(H,24,27)/t16-/m0/s1. The molecule has 1 aliphatic rings. The summed E-state index contributed by atoms with van der Waals surface area (Å²) in [5.41, 5.74) is 3.57. The first-order chi connectivity index (χ1) is 14.0. The first-order valence-electron chi connectivity index (χ1n) is 9.75. The summed E-state index contributed by atoms with van der Waals surface area (Å²) in [4.78, 5) is 25.1. The Labute approximate surface area is 169 Å². The number of aryl methyl sites for hydroxylation is 1. The highest BCUT2D eigenvalue weighted by Gasteiger charge is 2.28. The summed E-state index contributed by atoms with van der Waals surface area (Å²) in [6.45, 7) is 3.57. The number of carbonyl (C=O) groups is 2. The van der Waals surface area contributed by atoms with Crippen LogP contribution in [0.1, 0.15) is 35.7 Å². The molecule has 148 valence electrons. The fraction of sp³-hybridized carbons (Fsp3) is 0.261. The monoisotopic (exact) mass is 389 g/mol. The molecule has 1 heterocycles. The van der Waals surface area contributed by atoms with Crippen molar-refractivity contribution >= 4 is 11.9 Å². The zero-order valence-corrected chi connectivity index (χ0v) is 16.5. The van der Waals surface area contributed by atoms with Crippen molar-refractivity contribution in [3.63, 3.8) is 0 Å². The molecule has 0 aliphatic heterocycles. The molecule has 1 atom stereocenters. The van der Waals surface area contributed by atoms with Crippen LogP contribution in [0.5, 0.6) is 0 Å². The number of rotatable bonds is 6. The lowest BCUT2D eigenvalue weighted by Crippen LogP contribution is -2.37. The summed E-state index contributed by atoms with van der Waals surface area (Å²) in [6, 6.07) is 17.6. The predicted octanol–water partition coefficient (Wildman–Crippen LogP) is 3.67. The van der Waals surface area contributed by atoms with Gasteiger partial charge in [0.1, 0.15) is 11.3 Å². The van der Waals surface area contributed by atoms with Crippen molar-refractivity contribution in [3.8, 4) is 16.9 Å². The van der Waals surface area contributed by atoms with E-state index in [1.807, 2.05) is 61.5 Å². The van der Waals surface area contributed by atoms with Crippen LogP contribution in [0, 0.1) is 6.92 Å². The summed E-state index contributed by atoms with van der Waals surface area (Å²) < 4.78 is 7.12. The summed E-state index contributed by atoms with van der Waals surface area (Å²) in [5.74, 6) is -0.837. The molecule has 4 rings (SSSR count). The molecule has 0 bridgehead atoms. The lowest BCUT2D eigenvalue weighted by atomic mass is 10.1. The number of esters is 1. The molecule has 1 aromatic heterocycles. The van der Waals surface area contributed by atoms with Gasteiger partial charge in [-0.1, -0.05) is 42.0 Å². The van der Waals surface area contributed by atoms with Crippen LogP contribution in [0.3, 0.4) is 0 Å². The minimum atomic E-state index is -0.867. The van der Waals surface area contributed by atoms with Crippen molar-refractivity contribution in [2.75, 3.05) is 0 Å². The van der Waals surface area contributed by atoms with E-state index in [-0.39, 0.29) is 11.9 Å². The van der Waals surface area contributed by atoms with Crippen LogP contribution in [0.2, 0.25) is 0 Å².